The van der Waals surface area contributed by atoms with Crippen molar-refractivity contribution in [3.05, 3.63) is 29.8 Å². The Bertz CT molecular complexity index is 523. The Labute approximate surface area is 135 Å². The molecule has 3 N–H and O–H groups in total. The number of nitrogens with zero attached hydrogens (tertiary/aromatic N) is 1. The number of nitrogens with two attached hydrogens (primary N) is 1. The van der Waals surface area contributed by atoms with Gasteiger partial charge in [0.25, 0.3) is 5.91 Å². The van der Waals surface area contributed by atoms with Crippen molar-refractivity contribution in [2.45, 2.75) is 12.5 Å². The Hall–Kier alpha value is -1.96. The van der Waals surface area contributed by atoms with E-state index in [0.29, 0.717) is 37.6 Å². The average Bonchev–Trinajstić information content (AvgIpc) is 2.60. The number of carbonyl (C=O) groups is 2. The molecule has 23 heavy (non-hydrogen) atoms. The SMILES string of the molecule is COC(CN)CC(=O)Nc1ccc(C(=O)N2CCOCC2)cc1. The average molecular weight is 321 g/mol. The third-order valence-corrected chi connectivity index (χ3v) is 3.72. The molecule has 1 aromatic carbocycles. The number of carbonyl (C=O) groups excluding carboxylic acids is 2. The Morgan fingerprint density at radius 2 is 1.96 bits per heavy atom. The summed E-state index contributed by atoms with van der Waals surface area (Å²) in [5, 5.41) is 2.77. The second-order valence-electron chi connectivity index (χ2n) is 5.33. The molecule has 0 bridgehead atoms. The smallest absolute Gasteiger partial charge is 0.254 e. The number of ether oxygens (including phenoxy) is 2. The van der Waals surface area contributed by atoms with Crippen LogP contribution in [0.2, 0.25) is 0 Å². The molecule has 1 atom stereocenters. The van der Waals surface area contributed by atoms with E-state index in [4.69, 9.17) is 15.2 Å². The van der Waals surface area contributed by atoms with Gasteiger partial charge in [0.15, 0.2) is 0 Å². The number of methoxy groups -OCH3 is 1. The second kappa shape index (κ2) is 8.61. The van der Waals surface area contributed by atoms with Crippen molar-refractivity contribution in [2.75, 3.05) is 45.3 Å². The van der Waals surface area contributed by atoms with Crippen LogP contribution in [0, 0.1) is 0 Å². The Balaban J connectivity index is 1.91. The lowest BCUT2D eigenvalue weighted by atomic mass is 10.1. The van der Waals surface area contributed by atoms with Crippen molar-refractivity contribution in [1.29, 1.82) is 0 Å². The highest BCUT2D eigenvalue weighted by atomic mass is 16.5. The molecule has 0 spiro atoms. The van der Waals surface area contributed by atoms with E-state index in [9.17, 15) is 9.59 Å². The molecular weight excluding hydrogens is 298 g/mol. The van der Waals surface area contributed by atoms with Crippen molar-refractivity contribution in [3.63, 3.8) is 0 Å². The van der Waals surface area contributed by atoms with Crippen LogP contribution in [0.3, 0.4) is 0 Å². The monoisotopic (exact) mass is 321 g/mol. The Morgan fingerprint density at radius 3 is 2.52 bits per heavy atom. The largest absolute Gasteiger partial charge is 0.380 e. The van der Waals surface area contributed by atoms with E-state index in [-0.39, 0.29) is 30.9 Å². The molecule has 1 aliphatic rings. The van der Waals surface area contributed by atoms with Crippen molar-refractivity contribution >= 4 is 17.5 Å². The maximum atomic E-state index is 12.3. The zero-order valence-corrected chi connectivity index (χ0v) is 13.3. The van der Waals surface area contributed by atoms with Crippen molar-refractivity contribution in [3.8, 4) is 0 Å². The molecular formula is C16H23N3O4. The third-order valence-electron chi connectivity index (χ3n) is 3.72. The number of hydrogen-bond acceptors (Lipinski definition) is 5. The van der Waals surface area contributed by atoms with E-state index >= 15 is 0 Å². The summed E-state index contributed by atoms with van der Waals surface area (Å²) in [5.41, 5.74) is 6.73. The number of anilines is 1. The first-order valence-electron chi connectivity index (χ1n) is 7.64. The van der Waals surface area contributed by atoms with Gasteiger partial charge in [-0.3, -0.25) is 9.59 Å². The molecule has 1 heterocycles. The fraction of sp³-hybridized carbons (Fsp3) is 0.500. The number of benzene rings is 1. The molecule has 1 unspecified atom stereocenters. The summed E-state index contributed by atoms with van der Waals surface area (Å²) in [6.07, 6.45) is -0.0984. The molecule has 2 amide bonds. The van der Waals surface area contributed by atoms with Crippen LogP contribution in [0.15, 0.2) is 24.3 Å². The fourth-order valence-electron chi connectivity index (χ4n) is 2.33. The van der Waals surface area contributed by atoms with Gasteiger partial charge in [-0.25, -0.2) is 0 Å². The van der Waals surface area contributed by atoms with Gasteiger partial charge in [0.1, 0.15) is 0 Å². The van der Waals surface area contributed by atoms with E-state index in [1.54, 1.807) is 29.2 Å². The number of rotatable bonds is 6. The lowest BCUT2D eigenvalue weighted by molar-refractivity contribution is -0.118. The summed E-state index contributed by atoms with van der Waals surface area (Å²) in [6, 6.07) is 6.86. The highest BCUT2D eigenvalue weighted by molar-refractivity contribution is 5.96. The van der Waals surface area contributed by atoms with Gasteiger partial charge in [0.2, 0.25) is 5.91 Å². The minimum absolute atomic E-state index is 0.0197. The lowest BCUT2D eigenvalue weighted by Crippen LogP contribution is -2.40. The predicted octanol–water partition coefficient (Wildman–Crippen LogP) is 0.461. The van der Waals surface area contributed by atoms with Crippen LogP contribution >= 0.6 is 0 Å². The molecule has 1 saturated heterocycles. The van der Waals surface area contributed by atoms with Gasteiger partial charge >= 0.3 is 0 Å². The van der Waals surface area contributed by atoms with Gasteiger partial charge in [0, 0.05) is 38.0 Å². The number of amides is 2. The topological polar surface area (TPSA) is 93.9 Å². The number of hydrogen-bond donors (Lipinski definition) is 2. The van der Waals surface area contributed by atoms with Crippen LogP contribution in [0.4, 0.5) is 5.69 Å². The third kappa shape index (κ3) is 5.02. The zero-order valence-electron chi connectivity index (χ0n) is 13.3. The molecule has 0 saturated carbocycles. The van der Waals surface area contributed by atoms with Crippen LogP contribution in [0.25, 0.3) is 0 Å². The van der Waals surface area contributed by atoms with Crippen molar-refractivity contribution in [2.24, 2.45) is 5.73 Å². The molecule has 0 radical (unpaired) electrons. The van der Waals surface area contributed by atoms with Crippen LogP contribution in [-0.4, -0.2) is 62.8 Å². The van der Waals surface area contributed by atoms with Crippen LogP contribution in [0.5, 0.6) is 0 Å². The first-order valence-corrected chi connectivity index (χ1v) is 7.64. The molecule has 7 heteroatoms. The molecule has 0 aliphatic carbocycles. The first-order chi connectivity index (χ1) is 11.1. The van der Waals surface area contributed by atoms with E-state index in [0.717, 1.165) is 0 Å². The van der Waals surface area contributed by atoms with Gasteiger partial charge in [-0.1, -0.05) is 0 Å². The van der Waals surface area contributed by atoms with Gasteiger partial charge in [-0.05, 0) is 24.3 Å². The van der Waals surface area contributed by atoms with Gasteiger partial charge in [0.05, 0.1) is 25.7 Å². The van der Waals surface area contributed by atoms with Gasteiger partial charge in [-0.2, -0.15) is 0 Å². The normalized spacial score (nSPS) is 16.0. The number of morpholine rings is 1. The Kier molecular flexibility index (Phi) is 6.52. The molecule has 126 valence electrons. The fourth-order valence-corrected chi connectivity index (χ4v) is 2.33. The summed E-state index contributed by atoms with van der Waals surface area (Å²) in [7, 11) is 1.52. The summed E-state index contributed by atoms with van der Waals surface area (Å²) in [6.45, 7) is 2.64. The van der Waals surface area contributed by atoms with E-state index in [1.807, 2.05) is 0 Å². The minimum Gasteiger partial charge on any atom is -0.380 e. The summed E-state index contributed by atoms with van der Waals surface area (Å²) in [4.78, 5) is 25.9. The highest BCUT2D eigenvalue weighted by Gasteiger charge is 2.18. The maximum Gasteiger partial charge on any atom is 0.254 e. The van der Waals surface area contributed by atoms with Crippen molar-refractivity contribution < 1.29 is 19.1 Å². The summed E-state index contributed by atoms with van der Waals surface area (Å²) >= 11 is 0. The summed E-state index contributed by atoms with van der Waals surface area (Å²) in [5.74, 6) is -0.191. The molecule has 2 rings (SSSR count). The van der Waals surface area contributed by atoms with Crippen LogP contribution < -0.4 is 11.1 Å². The standard InChI is InChI=1S/C16H23N3O4/c1-22-14(11-17)10-15(20)18-13-4-2-12(3-5-13)16(21)19-6-8-23-9-7-19/h2-5,14H,6-11,17H2,1H3,(H,18,20). The number of nitrogens with one attached hydrogen (secondary N) is 1. The van der Waals surface area contributed by atoms with Crippen molar-refractivity contribution in [1.82, 2.24) is 4.90 Å². The Morgan fingerprint density at radius 1 is 1.30 bits per heavy atom. The van der Waals surface area contributed by atoms with E-state index < -0.39 is 0 Å². The molecule has 7 nitrogen and oxygen atoms in total. The second-order valence-corrected chi connectivity index (χ2v) is 5.33. The van der Waals surface area contributed by atoms with Crippen LogP contribution in [0.1, 0.15) is 16.8 Å². The minimum atomic E-state index is -0.294. The predicted molar refractivity (Wildman–Crippen MR) is 86.3 cm³/mol. The lowest BCUT2D eigenvalue weighted by Gasteiger charge is -2.26. The van der Waals surface area contributed by atoms with Gasteiger partial charge in [-0.15, -0.1) is 0 Å². The molecule has 1 aliphatic heterocycles. The maximum absolute atomic E-state index is 12.3. The molecule has 1 fully saturated rings. The highest BCUT2D eigenvalue weighted by Crippen LogP contribution is 2.13. The van der Waals surface area contributed by atoms with Gasteiger partial charge < -0.3 is 25.4 Å². The first kappa shape index (κ1) is 17.4. The molecule has 0 aromatic heterocycles. The van der Waals surface area contributed by atoms with E-state index in [2.05, 4.69) is 5.32 Å². The zero-order chi connectivity index (χ0) is 16.7. The van der Waals surface area contributed by atoms with Crippen LogP contribution in [-0.2, 0) is 14.3 Å². The summed E-state index contributed by atoms with van der Waals surface area (Å²) < 4.78 is 10.3. The molecule has 1 aromatic rings. The quantitative estimate of drug-likeness (QED) is 0.794. The van der Waals surface area contributed by atoms with E-state index in [1.165, 1.54) is 7.11 Å².